The Morgan fingerprint density at radius 1 is 1.10 bits per heavy atom. The summed E-state index contributed by atoms with van der Waals surface area (Å²) in [6, 6.07) is 11.1. The zero-order chi connectivity index (χ0) is 14.2. The van der Waals surface area contributed by atoms with Gasteiger partial charge in [0.2, 0.25) is 0 Å². The summed E-state index contributed by atoms with van der Waals surface area (Å²) in [4.78, 5) is 14.6. The highest BCUT2D eigenvalue weighted by atomic mass is 32.1. The van der Waals surface area contributed by atoms with Crippen molar-refractivity contribution < 1.29 is 4.79 Å². The van der Waals surface area contributed by atoms with Crippen molar-refractivity contribution in [2.24, 2.45) is 0 Å². The fourth-order valence-electron chi connectivity index (χ4n) is 3.51. The largest absolute Gasteiger partial charge is 0.349 e. The average Bonchev–Trinajstić information content (AvgIpc) is 3.15. The summed E-state index contributed by atoms with van der Waals surface area (Å²) in [6.45, 7) is 0. The molecular weight excluding hydrogens is 278 g/mol. The van der Waals surface area contributed by atoms with Gasteiger partial charge in [0.1, 0.15) is 0 Å². The Bertz CT molecular complexity index is 682. The number of hydrogen-bond donors (Lipinski definition) is 1. The number of carbonyl (C=O) groups excluding carboxylic acids is 1. The van der Waals surface area contributed by atoms with Gasteiger partial charge in [-0.3, -0.25) is 4.79 Å². The van der Waals surface area contributed by atoms with E-state index in [0.29, 0.717) is 6.04 Å². The lowest BCUT2D eigenvalue weighted by Crippen LogP contribution is -2.31. The third-order valence-electron chi connectivity index (χ3n) is 4.65. The van der Waals surface area contributed by atoms with E-state index >= 15 is 0 Å². The molecule has 0 spiro atoms. The Balaban J connectivity index is 1.62. The van der Waals surface area contributed by atoms with Crippen molar-refractivity contribution in [2.75, 3.05) is 0 Å². The lowest BCUT2D eigenvalue weighted by atomic mass is 9.91. The fourth-order valence-corrected chi connectivity index (χ4v) is 4.68. The number of nitrogens with one attached hydrogen (secondary N) is 1. The summed E-state index contributed by atoms with van der Waals surface area (Å²) < 4.78 is 0. The lowest BCUT2D eigenvalue weighted by Gasteiger charge is -2.15. The van der Waals surface area contributed by atoms with Gasteiger partial charge in [-0.15, -0.1) is 11.3 Å². The van der Waals surface area contributed by atoms with E-state index in [2.05, 4.69) is 35.6 Å². The zero-order valence-electron chi connectivity index (χ0n) is 12.0. The third-order valence-corrected chi connectivity index (χ3v) is 5.86. The Morgan fingerprint density at radius 3 is 2.71 bits per heavy atom. The van der Waals surface area contributed by atoms with Crippen molar-refractivity contribution in [3.05, 3.63) is 46.3 Å². The molecule has 2 nitrogen and oxygen atoms in total. The van der Waals surface area contributed by atoms with Crippen LogP contribution in [-0.2, 0) is 12.8 Å². The Morgan fingerprint density at radius 2 is 1.86 bits per heavy atom. The second-order valence-corrected chi connectivity index (χ2v) is 7.13. The number of hydrogen-bond acceptors (Lipinski definition) is 2. The SMILES string of the molecule is O=C(NC1CCCC1)c1cc2c(s1)-c1ccccc1CC2. The lowest BCUT2D eigenvalue weighted by molar-refractivity contribution is 0.0942. The topological polar surface area (TPSA) is 29.1 Å². The van der Waals surface area contributed by atoms with Crippen molar-refractivity contribution in [1.29, 1.82) is 0 Å². The van der Waals surface area contributed by atoms with Crippen LogP contribution in [0, 0.1) is 0 Å². The molecule has 4 rings (SSSR count). The van der Waals surface area contributed by atoms with Crippen LogP contribution >= 0.6 is 11.3 Å². The Kier molecular flexibility index (Phi) is 3.30. The van der Waals surface area contributed by atoms with Crippen LogP contribution in [0.4, 0.5) is 0 Å². The first-order valence-electron chi connectivity index (χ1n) is 7.83. The summed E-state index contributed by atoms with van der Waals surface area (Å²) in [6.07, 6.45) is 6.92. The number of benzene rings is 1. The molecule has 0 aliphatic heterocycles. The van der Waals surface area contributed by atoms with Gasteiger partial charge < -0.3 is 5.32 Å². The average molecular weight is 297 g/mol. The molecule has 0 atom stereocenters. The van der Waals surface area contributed by atoms with Crippen LogP contribution in [0.5, 0.6) is 0 Å². The van der Waals surface area contributed by atoms with Crippen LogP contribution in [0.25, 0.3) is 10.4 Å². The molecule has 3 heteroatoms. The molecule has 2 aliphatic rings. The molecule has 1 aromatic heterocycles. The smallest absolute Gasteiger partial charge is 0.261 e. The van der Waals surface area contributed by atoms with E-state index in [1.165, 1.54) is 34.4 Å². The second kappa shape index (κ2) is 5.30. The minimum Gasteiger partial charge on any atom is -0.349 e. The molecule has 1 aromatic carbocycles. The van der Waals surface area contributed by atoms with Gasteiger partial charge in [-0.2, -0.15) is 0 Å². The van der Waals surface area contributed by atoms with Crippen LogP contribution in [0.2, 0.25) is 0 Å². The molecule has 108 valence electrons. The highest BCUT2D eigenvalue weighted by Gasteiger charge is 2.23. The van der Waals surface area contributed by atoms with Crippen LogP contribution in [0.1, 0.15) is 46.5 Å². The van der Waals surface area contributed by atoms with Crippen molar-refractivity contribution in [3.8, 4) is 10.4 Å². The van der Waals surface area contributed by atoms with Gasteiger partial charge >= 0.3 is 0 Å². The van der Waals surface area contributed by atoms with Crippen LogP contribution in [-0.4, -0.2) is 11.9 Å². The number of amides is 1. The van der Waals surface area contributed by atoms with Crippen molar-refractivity contribution in [1.82, 2.24) is 5.32 Å². The van der Waals surface area contributed by atoms with E-state index in [9.17, 15) is 4.79 Å². The van der Waals surface area contributed by atoms with Gasteiger partial charge in [0.25, 0.3) is 5.91 Å². The van der Waals surface area contributed by atoms with Crippen molar-refractivity contribution in [3.63, 3.8) is 0 Å². The van der Waals surface area contributed by atoms with E-state index in [0.717, 1.165) is 30.6 Å². The number of carbonyl (C=O) groups is 1. The van der Waals surface area contributed by atoms with E-state index in [4.69, 9.17) is 0 Å². The first-order valence-corrected chi connectivity index (χ1v) is 8.65. The van der Waals surface area contributed by atoms with E-state index in [-0.39, 0.29) is 5.91 Å². The number of fused-ring (bicyclic) bond motifs is 3. The Labute approximate surface area is 129 Å². The molecule has 21 heavy (non-hydrogen) atoms. The van der Waals surface area contributed by atoms with Gasteiger partial charge in [0, 0.05) is 10.9 Å². The van der Waals surface area contributed by atoms with Gasteiger partial charge in [-0.25, -0.2) is 0 Å². The van der Waals surface area contributed by atoms with Crippen molar-refractivity contribution >= 4 is 17.2 Å². The highest BCUT2D eigenvalue weighted by molar-refractivity contribution is 7.17. The maximum absolute atomic E-state index is 12.4. The molecule has 0 unspecified atom stereocenters. The predicted octanol–water partition coefficient (Wildman–Crippen LogP) is 4.19. The molecule has 0 saturated heterocycles. The number of thiophene rings is 1. The molecule has 0 radical (unpaired) electrons. The predicted molar refractivity (Wildman–Crippen MR) is 86.9 cm³/mol. The van der Waals surface area contributed by atoms with Crippen molar-refractivity contribution in [2.45, 2.75) is 44.6 Å². The summed E-state index contributed by atoms with van der Waals surface area (Å²) in [7, 11) is 0. The van der Waals surface area contributed by atoms with E-state index < -0.39 is 0 Å². The van der Waals surface area contributed by atoms with Crippen LogP contribution in [0.3, 0.4) is 0 Å². The molecule has 1 fully saturated rings. The molecule has 0 bridgehead atoms. The molecular formula is C18H19NOS. The highest BCUT2D eigenvalue weighted by Crippen LogP contribution is 2.39. The minimum atomic E-state index is 0.124. The standard InChI is InChI=1S/C18H19NOS/c20-18(19-14-6-2-3-7-14)16-11-13-10-9-12-5-1-4-8-15(12)17(13)21-16/h1,4-5,8,11,14H,2-3,6-7,9-10H2,(H,19,20). The quantitative estimate of drug-likeness (QED) is 0.885. The molecule has 2 aromatic rings. The summed E-state index contributed by atoms with van der Waals surface area (Å²) >= 11 is 1.66. The Hall–Kier alpha value is -1.61. The summed E-state index contributed by atoms with van der Waals surface area (Å²) in [5.74, 6) is 0.124. The fraction of sp³-hybridized carbons (Fsp3) is 0.389. The number of rotatable bonds is 2. The molecule has 1 amide bonds. The maximum atomic E-state index is 12.4. The molecule has 1 N–H and O–H groups in total. The molecule has 2 aliphatic carbocycles. The monoisotopic (exact) mass is 297 g/mol. The molecule has 1 heterocycles. The van der Waals surface area contributed by atoms with Crippen LogP contribution < -0.4 is 5.32 Å². The third kappa shape index (κ3) is 2.40. The minimum absolute atomic E-state index is 0.124. The first kappa shape index (κ1) is 13.1. The summed E-state index contributed by atoms with van der Waals surface area (Å²) in [5, 5.41) is 3.20. The van der Waals surface area contributed by atoms with Gasteiger partial charge in [-0.1, -0.05) is 37.1 Å². The zero-order valence-corrected chi connectivity index (χ0v) is 12.8. The van der Waals surface area contributed by atoms with E-state index in [1.54, 1.807) is 11.3 Å². The number of aryl methyl sites for hydroxylation is 2. The van der Waals surface area contributed by atoms with Gasteiger partial charge in [-0.05, 0) is 48.4 Å². The first-order chi connectivity index (χ1) is 10.3. The second-order valence-electron chi connectivity index (χ2n) is 6.08. The van der Waals surface area contributed by atoms with Crippen LogP contribution in [0.15, 0.2) is 30.3 Å². The van der Waals surface area contributed by atoms with Gasteiger partial charge in [0.05, 0.1) is 4.88 Å². The van der Waals surface area contributed by atoms with E-state index in [1.807, 2.05) is 0 Å². The normalized spacial score (nSPS) is 17.3. The summed E-state index contributed by atoms with van der Waals surface area (Å²) in [5.41, 5.74) is 4.08. The molecule has 1 saturated carbocycles. The maximum Gasteiger partial charge on any atom is 0.261 e. The van der Waals surface area contributed by atoms with Gasteiger partial charge in [0.15, 0.2) is 0 Å².